The molecule has 0 atom stereocenters. The van der Waals surface area contributed by atoms with Crippen LogP contribution < -0.4 is 4.72 Å². The third kappa shape index (κ3) is 3.53. The SMILES string of the molecule is CCOCCCNS(=O)(=O)c1cccc2cccnc12. The number of rotatable bonds is 7. The van der Waals surface area contributed by atoms with Crippen molar-refractivity contribution in [2.45, 2.75) is 18.2 Å². The molecule has 5 nitrogen and oxygen atoms in total. The first-order chi connectivity index (χ1) is 9.65. The number of nitrogens with one attached hydrogen (secondary N) is 1. The van der Waals surface area contributed by atoms with Gasteiger partial charge in [0.1, 0.15) is 4.90 Å². The summed E-state index contributed by atoms with van der Waals surface area (Å²) >= 11 is 0. The van der Waals surface area contributed by atoms with Crippen LogP contribution >= 0.6 is 0 Å². The van der Waals surface area contributed by atoms with Crippen molar-refractivity contribution < 1.29 is 13.2 Å². The first-order valence-electron chi connectivity index (χ1n) is 6.56. The molecule has 0 radical (unpaired) electrons. The minimum absolute atomic E-state index is 0.215. The van der Waals surface area contributed by atoms with Crippen molar-refractivity contribution in [3.05, 3.63) is 36.5 Å². The molecule has 0 aliphatic carbocycles. The molecule has 108 valence electrons. The standard InChI is InChI=1S/C14H18N2O3S/c1-2-19-11-5-10-16-20(17,18)13-8-3-6-12-7-4-9-15-14(12)13/h3-4,6-9,16H,2,5,10-11H2,1H3. The van der Waals surface area contributed by atoms with Gasteiger partial charge in [-0.1, -0.05) is 18.2 Å². The van der Waals surface area contributed by atoms with E-state index in [1.54, 1.807) is 24.4 Å². The van der Waals surface area contributed by atoms with Crippen LogP contribution in [0.4, 0.5) is 0 Å². The summed E-state index contributed by atoms with van der Waals surface area (Å²) < 4.78 is 32.3. The van der Waals surface area contributed by atoms with E-state index in [0.717, 1.165) is 5.39 Å². The first kappa shape index (κ1) is 14.9. The fourth-order valence-corrected chi connectivity index (χ4v) is 3.15. The zero-order valence-electron chi connectivity index (χ0n) is 11.4. The number of ether oxygens (including phenoxy) is 1. The molecule has 0 saturated carbocycles. The average molecular weight is 294 g/mol. The van der Waals surface area contributed by atoms with Gasteiger partial charge in [0.05, 0.1) is 5.52 Å². The Morgan fingerprint density at radius 2 is 2.05 bits per heavy atom. The van der Waals surface area contributed by atoms with Crippen molar-refractivity contribution in [3.63, 3.8) is 0 Å². The summed E-state index contributed by atoms with van der Waals surface area (Å²) in [4.78, 5) is 4.38. The van der Waals surface area contributed by atoms with Gasteiger partial charge in [0, 0.05) is 31.3 Å². The van der Waals surface area contributed by atoms with Crippen molar-refractivity contribution in [2.24, 2.45) is 0 Å². The maximum atomic E-state index is 12.3. The topological polar surface area (TPSA) is 68.3 Å². The van der Waals surface area contributed by atoms with Crippen LogP contribution in [0.15, 0.2) is 41.4 Å². The second-order valence-electron chi connectivity index (χ2n) is 4.28. The van der Waals surface area contributed by atoms with Crippen LogP contribution in [0.5, 0.6) is 0 Å². The van der Waals surface area contributed by atoms with Crippen LogP contribution in [0, 0.1) is 0 Å². The van der Waals surface area contributed by atoms with E-state index in [1.807, 2.05) is 19.1 Å². The Morgan fingerprint density at radius 3 is 2.85 bits per heavy atom. The van der Waals surface area contributed by atoms with E-state index in [1.165, 1.54) is 0 Å². The Labute approximate surface area is 119 Å². The monoisotopic (exact) mass is 294 g/mol. The maximum absolute atomic E-state index is 12.3. The Bertz CT molecular complexity index is 666. The number of hydrogen-bond acceptors (Lipinski definition) is 4. The van der Waals surface area contributed by atoms with Gasteiger partial charge in [0.2, 0.25) is 10.0 Å². The highest BCUT2D eigenvalue weighted by Crippen LogP contribution is 2.20. The van der Waals surface area contributed by atoms with E-state index in [9.17, 15) is 8.42 Å². The average Bonchev–Trinajstić information content (AvgIpc) is 2.46. The van der Waals surface area contributed by atoms with Gasteiger partial charge in [-0.3, -0.25) is 4.98 Å². The summed E-state index contributed by atoms with van der Waals surface area (Å²) in [6.45, 7) is 3.45. The highest BCUT2D eigenvalue weighted by atomic mass is 32.2. The van der Waals surface area contributed by atoms with Gasteiger partial charge in [0.25, 0.3) is 0 Å². The summed E-state index contributed by atoms with van der Waals surface area (Å²) in [5.41, 5.74) is 0.493. The normalized spacial score (nSPS) is 11.8. The molecule has 1 N–H and O–H groups in total. The summed E-state index contributed by atoms with van der Waals surface area (Å²) in [5.74, 6) is 0. The predicted molar refractivity (Wildman–Crippen MR) is 78.0 cm³/mol. The van der Waals surface area contributed by atoms with Crippen LogP contribution in [0.2, 0.25) is 0 Å². The third-order valence-electron chi connectivity index (χ3n) is 2.85. The Kier molecular flexibility index (Phi) is 5.05. The second-order valence-corrected chi connectivity index (χ2v) is 6.01. The minimum atomic E-state index is -3.54. The molecule has 1 aromatic heterocycles. The molecule has 20 heavy (non-hydrogen) atoms. The van der Waals surface area contributed by atoms with Crippen molar-refractivity contribution in [1.29, 1.82) is 0 Å². The summed E-state index contributed by atoms with van der Waals surface area (Å²) in [5, 5.41) is 0.810. The lowest BCUT2D eigenvalue weighted by Crippen LogP contribution is -2.26. The Hall–Kier alpha value is -1.50. The molecule has 2 rings (SSSR count). The zero-order valence-corrected chi connectivity index (χ0v) is 12.2. The molecule has 0 bridgehead atoms. The van der Waals surface area contributed by atoms with Gasteiger partial charge in [-0.2, -0.15) is 0 Å². The van der Waals surface area contributed by atoms with Gasteiger partial charge >= 0.3 is 0 Å². The van der Waals surface area contributed by atoms with Crippen molar-refractivity contribution in [2.75, 3.05) is 19.8 Å². The van der Waals surface area contributed by atoms with E-state index >= 15 is 0 Å². The van der Waals surface area contributed by atoms with Crippen molar-refractivity contribution >= 4 is 20.9 Å². The molecule has 1 aromatic carbocycles. The quantitative estimate of drug-likeness (QED) is 0.792. The Morgan fingerprint density at radius 1 is 1.25 bits per heavy atom. The number of aromatic nitrogens is 1. The van der Waals surface area contributed by atoms with Gasteiger partial charge in [-0.25, -0.2) is 13.1 Å². The van der Waals surface area contributed by atoms with Gasteiger partial charge in [-0.15, -0.1) is 0 Å². The van der Waals surface area contributed by atoms with E-state index in [4.69, 9.17) is 4.74 Å². The van der Waals surface area contributed by atoms with E-state index in [-0.39, 0.29) is 4.90 Å². The number of pyridine rings is 1. The number of hydrogen-bond donors (Lipinski definition) is 1. The van der Waals surface area contributed by atoms with Crippen LogP contribution in [0.25, 0.3) is 10.9 Å². The fourth-order valence-electron chi connectivity index (χ4n) is 1.90. The molecule has 6 heteroatoms. The number of nitrogens with zero attached hydrogens (tertiary/aromatic N) is 1. The molecule has 0 spiro atoms. The largest absolute Gasteiger partial charge is 0.382 e. The molecule has 0 amide bonds. The molecular formula is C14H18N2O3S. The van der Waals surface area contributed by atoms with Gasteiger partial charge in [0.15, 0.2) is 0 Å². The lowest BCUT2D eigenvalue weighted by Gasteiger charge is -2.08. The third-order valence-corrected chi connectivity index (χ3v) is 4.34. The zero-order chi connectivity index (χ0) is 14.4. The number of benzene rings is 1. The molecule has 0 unspecified atom stereocenters. The number of fused-ring (bicyclic) bond motifs is 1. The first-order valence-corrected chi connectivity index (χ1v) is 8.04. The highest BCUT2D eigenvalue weighted by molar-refractivity contribution is 7.89. The maximum Gasteiger partial charge on any atom is 0.242 e. The molecule has 0 aliphatic rings. The van der Waals surface area contributed by atoms with Crippen LogP contribution in [-0.4, -0.2) is 33.2 Å². The van der Waals surface area contributed by atoms with Crippen molar-refractivity contribution in [3.8, 4) is 0 Å². The van der Waals surface area contributed by atoms with E-state index < -0.39 is 10.0 Å². The van der Waals surface area contributed by atoms with Crippen LogP contribution in [0.3, 0.4) is 0 Å². The summed E-state index contributed by atoms with van der Waals surface area (Å²) in [6.07, 6.45) is 2.24. The van der Waals surface area contributed by atoms with Gasteiger partial charge < -0.3 is 4.74 Å². The molecule has 0 aliphatic heterocycles. The lowest BCUT2D eigenvalue weighted by atomic mass is 10.2. The molecular weight excluding hydrogens is 276 g/mol. The molecule has 0 saturated heterocycles. The van der Waals surface area contributed by atoms with Crippen molar-refractivity contribution in [1.82, 2.24) is 9.71 Å². The fraction of sp³-hybridized carbons (Fsp3) is 0.357. The predicted octanol–water partition coefficient (Wildman–Crippen LogP) is 1.94. The lowest BCUT2D eigenvalue weighted by molar-refractivity contribution is 0.146. The summed E-state index contributed by atoms with van der Waals surface area (Å²) in [6, 6.07) is 8.76. The highest BCUT2D eigenvalue weighted by Gasteiger charge is 2.17. The van der Waals surface area contributed by atoms with E-state index in [2.05, 4.69) is 9.71 Å². The second kappa shape index (κ2) is 6.78. The molecule has 2 aromatic rings. The Balaban J connectivity index is 2.15. The summed E-state index contributed by atoms with van der Waals surface area (Å²) in [7, 11) is -3.54. The number of para-hydroxylation sites is 1. The number of sulfonamides is 1. The van der Waals surface area contributed by atoms with Crippen LogP contribution in [-0.2, 0) is 14.8 Å². The smallest absolute Gasteiger partial charge is 0.242 e. The van der Waals surface area contributed by atoms with Gasteiger partial charge in [-0.05, 0) is 25.5 Å². The van der Waals surface area contributed by atoms with Crippen LogP contribution in [0.1, 0.15) is 13.3 Å². The molecule has 0 fully saturated rings. The van der Waals surface area contributed by atoms with E-state index in [0.29, 0.717) is 31.7 Å². The minimum Gasteiger partial charge on any atom is -0.382 e. The molecule has 1 heterocycles.